The molecule has 4 nitrogen and oxygen atoms in total. The normalized spacial score (nSPS) is 11.8. The molecule has 0 aliphatic rings. The molecule has 0 bridgehead atoms. The van der Waals surface area contributed by atoms with E-state index >= 15 is 0 Å². The summed E-state index contributed by atoms with van der Waals surface area (Å²) in [7, 11) is 1.63. The molecule has 0 saturated carbocycles. The van der Waals surface area contributed by atoms with Crippen LogP contribution in [-0.4, -0.2) is 13.0 Å². The standard InChI is InChI=1S/C17H20N2O2/c1-12-6-3-4-9-15(12)16(17(20)19-18)11-13-7-5-8-14(10-13)21-2/h3-10,16H,11,18H2,1-2H3,(H,19,20). The van der Waals surface area contributed by atoms with Gasteiger partial charge in [0.05, 0.1) is 13.0 Å². The number of hydrogen-bond acceptors (Lipinski definition) is 3. The van der Waals surface area contributed by atoms with Gasteiger partial charge in [-0.25, -0.2) is 5.84 Å². The van der Waals surface area contributed by atoms with Crippen LogP contribution in [0.2, 0.25) is 0 Å². The third-order valence-corrected chi connectivity index (χ3v) is 3.60. The van der Waals surface area contributed by atoms with Crippen molar-refractivity contribution in [3.05, 3.63) is 65.2 Å². The van der Waals surface area contributed by atoms with Gasteiger partial charge in [0, 0.05) is 0 Å². The van der Waals surface area contributed by atoms with Gasteiger partial charge in [-0.15, -0.1) is 0 Å². The minimum Gasteiger partial charge on any atom is -0.497 e. The van der Waals surface area contributed by atoms with Crippen LogP contribution >= 0.6 is 0 Å². The number of rotatable bonds is 5. The van der Waals surface area contributed by atoms with Gasteiger partial charge in [-0.1, -0.05) is 36.4 Å². The van der Waals surface area contributed by atoms with Gasteiger partial charge >= 0.3 is 0 Å². The van der Waals surface area contributed by atoms with Crippen LogP contribution in [0.3, 0.4) is 0 Å². The molecular formula is C17H20N2O2. The molecule has 0 fully saturated rings. The zero-order valence-electron chi connectivity index (χ0n) is 12.3. The Morgan fingerprint density at radius 1 is 1.24 bits per heavy atom. The summed E-state index contributed by atoms with van der Waals surface area (Å²) in [5.74, 6) is 5.62. The fourth-order valence-corrected chi connectivity index (χ4v) is 2.46. The average Bonchev–Trinajstić information content (AvgIpc) is 2.53. The van der Waals surface area contributed by atoms with Crippen LogP contribution < -0.4 is 16.0 Å². The maximum atomic E-state index is 12.2. The second kappa shape index (κ2) is 6.90. The van der Waals surface area contributed by atoms with Gasteiger partial charge in [0.15, 0.2) is 0 Å². The van der Waals surface area contributed by atoms with E-state index in [2.05, 4.69) is 5.43 Å². The molecule has 0 aliphatic heterocycles. The Morgan fingerprint density at radius 3 is 2.67 bits per heavy atom. The van der Waals surface area contributed by atoms with E-state index in [0.29, 0.717) is 6.42 Å². The highest BCUT2D eigenvalue weighted by atomic mass is 16.5. The Morgan fingerprint density at radius 2 is 2.00 bits per heavy atom. The number of methoxy groups -OCH3 is 1. The summed E-state index contributed by atoms with van der Waals surface area (Å²) in [6, 6.07) is 15.6. The molecule has 0 spiro atoms. The van der Waals surface area contributed by atoms with Gasteiger partial charge in [-0.3, -0.25) is 10.2 Å². The summed E-state index contributed by atoms with van der Waals surface area (Å²) in [6.07, 6.45) is 0.574. The van der Waals surface area contributed by atoms with Gasteiger partial charge in [0.2, 0.25) is 5.91 Å². The topological polar surface area (TPSA) is 64.3 Å². The summed E-state index contributed by atoms with van der Waals surface area (Å²) in [5, 5.41) is 0. The van der Waals surface area contributed by atoms with Gasteiger partial charge in [0.1, 0.15) is 5.75 Å². The summed E-state index contributed by atoms with van der Waals surface area (Å²) in [4.78, 5) is 12.2. The van der Waals surface area contributed by atoms with E-state index in [1.165, 1.54) is 0 Å². The largest absolute Gasteiger partial charge is 0.497 e. The molecule has 4 heteroatoms. The van der Waals surface area contributed by atoms with Crippen molar-refractivity contribution in [2.75, 3.05) is 7.11 Å². The van der Waals surface area contributed by atoms with Gasteiger partial charge < -0.3 is 4.74 Å². The summed E-state index contributed by atoms with van der Waals surface area (Å²) >= 11 is 0. The molecule has 0 aliphatic carbocycles. The monoisotopic (exact) mass is 284 g/mol. The molecule has 2 aromatic rings. The predicted molar refractivity (Wildman–Crippen MR) is 82.9 cm³/mol. The number of carbonyl (C=O) groups is 1. The molecular weight excluding hydrogens is 264 g/mol. The lowest BCUT2D eigenvalue weighted by atomic mass is 9.88. The molecule has 0 aromatic heterocycles. The highest BCUT2D eigenvalue weighted by molar-refractivity contribution is 5.83. The maximum Gasteiger partial charge on any atom is 0.241 e. The number of amides is 1. The summed E-state index contributed by atoms with van der Waals surface area (Å²) < 4.78 is 5.23. The van der Waals surface area contributed by atoms with Gasteiger partial charge in [-0.2, -0.15) is 0 Å². The fourth-order valence-electron chi connectivity index (χ4n) is 2.46. The zero-order chi connectivity index (χ0) is 15.2. The van der Waals surface area contributed by atoms with Crippen molar-refractivity contribution in [1.29, 1.82) is 0 Å². The Balaban J connectivity index is 2.33. The van der Waals surface area contributed by atoms with E-state index in [1.54, 1.807) is 7.11 Å². The number of carbonyl (C=O) groups excluding carboxylic acids is 1. The minimum absolute atomic E-state index is 0.188. The summed E-state index contributed by atoms with van der Waals surface area (Å²) in [5.41, 5.74) is 5.37. The lowest BCUT2D eigenvalue weighted by molar-refractivity contribution is -0.122. The highest BCUT2D eigenvalue weighted by Gasteiger charge is 2.22. The highest BCUT2D eigenvalue weighted by Crippen LogP contribution is 2.25. The Bertz CT molecular complexity index is 626. The first-order chi connectivity index (χ1) is 10.2. The van der Waals surface area contributed by atoms with E-state index in [4.69, 9.17) is 10.6 Å². The zero-order valence-corrected chi connectivity index (χ0v) is 12.3. The molecule has 0 saturated heterocycles. The number of hydrogen-bond donors (Lipinski definition) is 2. The quantitative estimate of drug-likeness (QED) is 0.503. The molecule has 110 valence electrons. The van der Waals surface area contributed by atoms with Gasteiger partial charge in [0.25, 0.3) is 0 Å². The van der Waals surface area contributed by atoms with E-state index in [1.807, 2.05) is 55.5 Å². The van der Waals surface area contributed by atoms with Crippen molar-refractivity contribution in [2.45, 2.75) is 19.3 Å². The van der Waals surface area contributed by atoms with E-state index < -0.39 is 0 Å². The molecule has 1 unspecified atom stereocenters. The van der Waals surface area contributed by atoms with Crippen molar-refractivity contribution < 1.29 is 9.53 Å². The van der Waals surface area contributed by atoms with Crippen LogP contribution in [0.1, 0.15) is 22.6 Å². The average molecular weight is 284 g/mol. The lowest BCUT2D eigenvalue weighted by Crippen LogP contribution is -2.35. The van der Waals surface area contributed by atoms with Crippen LogP contribution in [0.15, 0.2) is 48.5 Å². The van der Waals surface area contributed by atoms with E-state index in [-0.39, 0.29) is 11.8 Å². The predicted octanol–water partition coefficient (Wildman–Crippen LogP) is 2.32. The second-order valence-electron chi connectivity index (χ2n) is 4.97. The number of hydrazine groups is 1. The molecule has 2 aromatic carbocycles. The van der Waals surface area contributed by atoms with Crippen LogP contribution in [0.5, 0.6) is 5.75 Å². The first-order valence-corrected chi connectivity index (χ1v) is 6.84. The molecule has 2 rings (SSSR count). The smallest absolute Gasteiger partial charge is 0.241 e. The van der Waals surface area contributed by atoms with E-state index in [0.717, 1.165) is 22.4 Å². The first-order valence-electron chi connectivity index (χ1n) is 6.84. The second-order valence-corrected chi connectivity index (χ2v) is 4.97. The number of nitrogens with one attached hydrogen (secondary N) is 1. The van der Waals surface area contributed by atoms with Crippen LogP contribution in [0.4, 0.5) is 0 Å². The number of nitrogens with two attached hydrogens (primary N) is 1. The van der Waals surface area contributed by atoms with Crippen molar-refractivity contribution >= 4 is 5.91 Å². The SMILES string of the molecule is COc1cccc(CC(C(=O)NN)c2ccccc2C)c1. The molecule has 0 heterocycles. The summed E-state index contributed by atoms with van der Waals surface area (Å²) in [6.45, 7) is 2.00. The maximum absolute atomic E-state index is 12.2. The van der Waals surface area contributed by atoms with Crippen molar-refractivity contribution in [2.24, 2.45) is 5.84 Å². The van der Waals surface area contributed by atoms with E-state index in [9.17, 15) is 4.79 Å². The molecule has 21 heavy (non-hydrogen) atoms. The molecule has 1 amide bonds. The number of ether oxygens (including phenoxy) is 1. The van der Waals surface area contributed by atoms with Crippen LogP contribution in [0, 0.1) is 6.92 Å². The van der Waals surface area contributed by atoms with Crippen molar-refractivity contribution in [1.82, 2.24) is 5.43 Å². The first kappa shape index (κ1) is 15.1. The Kier molecular flexibility index (Phi) is 4.95. The Labute approximate surface area is 124 Å². The lowest BCUT2D eigenvalue weighted by Gasteiger charge is -2.18. The minimum atomic E-state index is -0.316. The molecule has 3 N–H and O–H groups in total. The van der Waals surface area contributed by atoms with Crippen molar-refractivity contribution in [3.8, 4) is 5.75 Å². The molecule has 1 atom stereocenters. The van der Waals surface area contributed by atoms with Gasteiger partial charge in [-0.05, 0) is 42.2 Å². The third-order valence-electron chi connectivity index (χ3n) is 3.60. The van der Waals surface area contributed by atoms with Crippen molar-refractivity contribution in [3.63, 3.8) is 0 Å². The van der Waals surface area contributed by atoms with Crippen LogP contribution in [0.25, 0.3) is 0 Å². The Hall–Kier alpha value is -2.33. The third kappa shape index (κ3) is 3.61. The fraction of sp³-hybridized carbons (Fsp3) is 0.235. The number of benzene rings is 2. The van der Waals surface area contributed by atoms with Crippen LogP contribution in [-0.2, 0) is 11.2 Å². The molecule has 0 radical (unpaired) electrons. The number of aryl methyl sites for hydroxylation is 1.